The average Bonchev–Trinajstić information content (AvgIpc) is 2.73. The average molecular weight is 414 g/mol. The van der Waals surface area contributed by atoms with Crippen LogP contribution in [0.1, 0.15) is 56.7 Å². The van der Waals surface area contributed by atoms with Gasteiger partial charge in [-0.25, -0.2) is 14.4 Å². The van der Waals surface area contributed by atoms with Crippen LogP contribution >= 0.6 is 0 Å². The summed E-state index contributed by atoms with van der Waals surface area (Å²) >= 11 is 0. The van der Waals surface area contributed by atoms with Crippen molar-refractivity contribution in [3.63, 3.8) is 0 Å². The molecule has 2 aromatic rings. The molecule has 1 amide bonds. The quantitative estimate of drug-likeness (QED) is 0.786. The number of rotatable bonds is 6. The van der Waals surface area contributed by atoms with Gasteiger partial charge < -0.3 is 10.2 Å². The molecule has 0 unspecified atom stereocenters. The SMILES string of the molecule is Cc1cc(N2CCN([C@@H](C)C(=O)N[C@@H](C)c3ccc(F)cc3)CC2)nc(C(C)C)n1. The molecule has 1 N–H and O–H groups in total. The number of halogens is 1. The van der Waals surface area contributed by atoms with Gasteiger partial charge in [-0.05, 0) is 38.5 Å². The van der Waals surface area contributed by atoms with Gasteiger partial charge in [0.15, 0.2) is 0 Å². The lowest BCUT2D eigenvalue weighted by atomic mass is 10.1. The van der Waals surface area contributed by atoms with Crippen LogP contribution in [0.25, 0.3) is 0 Å². The number of benzene rings is 1. The molecule has 6 nitrogen and oxygen atoms in total. The zero-order valence-corrected chi connectivity index (χ0v) is 18.5. The highest BCUT2D eigenvalue weighted by molar-refractivity contribution is 5.81. The molecule has 1 aliphatic rings. The monoisotopic (exact) mass is 413 g/mol. The van der Waals surface area contributed by atoms with Crippen molar-refractivity contribution in [2.75, 3.05) is 31.1 Å². The normalized spacial score (nSPS) is 17.1. The summed E-state index contributed by atoms with van der Waals surface area (Å²) in [6, 6.07) is 7.88. The Bertz CT molecular complexity index is 862. The summed E-state index contributed by atoms with van der Waals surface area (Å²) < 4.78 is 13.1. The first kappa shape index (κ1) is 22.2. The fraction of sp³-hybridized carbons (Fsp3) is 0.522. The maximum absolute atomic E-state index is 13.1. The van der Waals surface area contributed by atoms with E-state index < -0.39 is 0 Å². The van der Waals surface area contributed by atoms with E-state index in [9.17, 15) is 9.18 Å². The molecular weight excluding hydrogens is 381 g/mol. The lowest BCUT2D eigenvalue weighted by molar-refractivity contribution is -0.126. The third-order valence-corrected chi connectivity index (χ3v) is 5.67. The topological polar surface area (TPSA) is 61.4 Å². The van der Waals surface area contributed by atoms with E-state index in [1.54, 1.807) is 12.1 Å². The summed E-state index contributed by atoms with van der Waals surface area (Å²) in [5.74, 6) is 1.84. The van der Waals surface area contributed by atoms with Gasteiger partial charge in [0, 0.05) is 43.9 Å². The minimum atomic E-state index is -0.275. The largest absolute Gasteiger partial charge is 0.354 e. The van der Waals surface area contributed by atoms with Crippen LogP contribution in [0.2, 0.25) is 0 Å². The first-order valence-corrected chi connectivity index (χ1v) is 10.6. The van der Waals surface area contributed by atoms with E-state index >= 15 is 0 Å². The number of hydrogen-bond acceptors (Lipinski definition) is 5. The Morgan fingerprint density at radius 1 is 1.03 bits per heavy atom. The number of carbonyl (C=O) groups is 1. The van der Waals surface area contributed by atoms with Gasteiger partial charge in [0.1, 0.15) is 17.5 Å². The van der Waals surface area contributed by atoms with E-state index in [0.717, 1.165) is 49.1 Å². The summed E-state index contributed by atoms with van der Waals surface area (Å²) in [4.78, 5) is 26.5. The van der Waals surface area contributed by atoms with Crippen LogP contribution < -0.4 is 10.2 Å². The predicted molar refractivity (Wildman–Crippen MR) is 117 cm³/mol. The van der Waals surface area contributed by atoms with Crippen LogP contribution in [0.5, 0.6) is 0 Å². The molecule has 7 heteroatoms. The summed E-state index contributed by atoms with van der Waals surface area (Å²) in [7, 11) is 0. The van der Waals surface area contributed by atoms with Crippen LogP contribution in [-0.2, 0) is 4.79 Å². The summed E-state index contributed by atoms with van der Waals surface area (Å²) in [6.07, 6.45) is 0. The first-order chi connectivity index (χ1) is 14.2. The molecule has 2 heterocycles. The number of nitrogens with zero attached hydrogens (tertiary/aromatic N) is 4. The predicted octanol–water partition coefficient (Wildman–Crippen LogP) is 3.44. The van der Waals surface area contributed by atoms with Gasteiger partial charge in [-0.2, -0.15) is 0 Å². The van der Waals surface area contributed by atoms with Gasteiger partial charge in [0.25, 0.3) is 0 Å². The number of amides is 1. The van der Waals surface area contributed by atoms with E-state index in [2.05, 4.69) is 33.9 Å². The minimum absolute atomic E-state index is 0.0137. The zero-order valence-electron chi connectivity index (χ0n) is 18.5. The van der Waals surface area contributed by atoms with Crippen LogP contribution in [0, 0.1) is 12.7 Å². The molecule has 2 atom stereocenters. The van der Waals surface area contributed by atoms with Crippen molar-refractivity contribution >= 4 is 11.7 Å². The maximum Gasteiger partial charge on any atom is 0.237 e. The van der Waals surface area contributed by atoms with E-state index in [1.165, 1.54) is 12.1 Å². The molecule has 162 valence electrons. The van der Waals surface area contributed by atoms with Gasteiger partial charge in [0.05, 0.1) is 12.1 Å². The molecule has 1 aliphatic heterocycles. The fourth-order valence-electron chi connectivity index (χ4n) is 3.67. The molecule has 0 aliphatic carbocycles. The molecular formula is C23H32FN5O. The van der Waals surface area contributed by atoms with Gasteiger partial charge in [0.2, 0.25) is 5.91 Å². The second-order valence-electron chi connectivity index (χ2n) is 8.36. The fourth-order valence-corrected chi connectivity index (χ4v) is 3.67. The maximum atomic E-state index is 13.1. The Balaban J connectivity index is 1.56. The van der Waals surface area contributed by atoms with Gasteiger partial charge in [-0.15, -0.1) is 0 Å². The molecule has 0 radical (unpaired) electrons. The highest BCUT2D eigenvalue weighted by Gasteiger charge is 2.27. The van der Waals surface area contributed by atoms with Gasteiger partial charge >= 0.3 is 0 Å². The van der Waals surface area contributed by atoms with Crippen molar-refractivity contribution in [2.24, 2.45) is 0 Å². The zero-order chi connectivity index (χ0) is 21.8. The Morgan fingerprint density at radius 3 is 2.27 bits per heavy atom. The minimum Gasteiger partial charge on any atom is -0.354 e. The highest BCUT2D eigenvalue weighted by atomic mass is 19.1. The Labute approximate surface area is 178 Å². The number of hydrogen-bond donors (Lipinski definition) is 1. The number of carbonyl (C=O) groups excluding carboxylic acids is 1. The van der Waals surface area contributed by atoms with E-state index in [1.807, 2.05) is 26.8 Å². The number of aryl methyl sites for hydroxylation is 1. The Kier molecular flexibility index (Phi) is 7.02. The Hall–Kier alpha value is -2.54. The number of piperazine rings is 1. The summed E-state index contributed by atoms with van der Waals surface area (Å²) in [5.41, 5.74) is 1.87. The van der Waals surface area contributed by atoms with Crippen molar-refractivity contribution in [3.8, 4) is 0 Å². The summed E-state index contributed by atoms with van der Waals surface area (Å²) in [6.45, 7) is 13.3. The third kappa shape index (κ3) is 5.33. The first-order valence-electron chi connectivity index (χ1n) is 10.6. The van der Waals surface area contributed by atoms with Crippen LogP contribution in [0.3, 0.4) is 0 Å². The van der Waals surface area contributed by atoms with Crippen molar-refractivity contribution in [3.05, 3.63) is 53.2 Å². The van der Waals surface area contributed by atoms with Crippen molar-refractivity contribution in [2.45, 2.75) is 52.6 Å². The van der Waals surface area contributed by atoms with Crippen LogP contribution in [-0.4, -0.2) is 53.0 Å². The lowest BCUT2D eigenvalue weighted by Gasteiger charge is -2.38. The lowest BCUT2D eigenvalue weighted by Crippen LogP contribution is -2.54. The molecule has 0 spiro atoms. The van der Waals surface area contributed by atoms with E-state index in [-0.39, 0.29) is 29.7 Å². The molecule has 3 rings (SSSR count). The number of anilines is 1. The third-order valence-electron chi connectivity index (χ3n) is 5.67. The molecule has 1 saturated heterocycles. The summed E-state index contributed by atoms with van der Waals surface area (Å²) in [5, 5.41) is 3.05. The number of aromatic nitrogens is 2. The van der Waals surface area contributed by atoms with E-state index in [0.29, 0.717) is 0 Å². The Morgan fingerprint density at radius 2 is 1.67 bits per heavy atom. The van der Waals surface area contributed by atoms with Crippen molar-refractivity contribution in [1.82, 2.24) is 20.2 Å². The molecule has 0 saturated carbocycles. The smallest absolute Gasteiger partial charge is 0.237 e. The van der Waals surface area contributed by atoms with Crippen LogP contribution in [0.4, 0.5) is 10.2 Å². The highest BCUT2D eigenvalue weighted by Crippen LogP contribution is 2.20. The van der Waals surface area contributed by atoms with Crippen molar-refractivity contribution < 1.29 is 9.18 Å². The second kappa shape index (κ2) is 9.51. The van der Waals surface area contributed by atoms with E-state index in [4.69, 9.17) is 4.98 Å². The molecule has 30 heavy (non-hydrogen) atoms. The van der Waals surface area contributed by atoms with Crippen molar-refractivity contribution in [1.29, 1.82) is 0 Å². The van der Waals surface area contributed by atoms with Gasteiger partial charge in [-0.1, -0.05) is 26.0 Å². The molecule has 1 aromatic carbocycles. The molecule has 0 bridgehead atoms. The molecule has 1 fully saturated rings. The molecule has 1 aromatic heterocycles. The number of nitrogens with one attached hydrogen (secondary N) is 1. The van der Waals surface area contributed by atoms with Crippen LogP contribution in [0.15, 0.2) is 30.3 Å². The standard InChI is InChI=1S/C23H32FN5O/c1-15(2)22-25-16(3)14-21(27-22)29-12-10-28(11-13-29)18(5)23(30)26-17(4)19-6-8-20(24)9-7-19/h6-9,14-15,17-18H,10-13H2,1-5H3,(H,26,30)/t17-,18-/m0/s1. The van der Waals surface area contributed by atoms with Gasteiger partial charge in [-0.3, -0.25) is 9.69 Å². The second-order valence-corrected chi connectivity index (χ2v) is 8.36.